The second-order valence-corrected chi connectivity index (χ2v) is 6.81. The van der Waals surface area contributed by atoms with Gasteiger partial charge in [-0.3, -0.25) is 0 Å². The molecule has 0 nitrogen and oxygen atoms in total. The van der Waals surface area contributed by atoms with Gasteiger partial charge in [-0.15, -0.1) is 0 Å². The van der Waals surface area contributed by atoms with Crippen LogP contribution in [0.5, 0.6) is 0 Å². The summed E-state index contributed by atoms with van der Waals surface area (Å²) in [6.07, 6.45) is 7.03. The molecule has 25 heavy (non-hydrogen) atoms. The molecule has 1 aliphatic rings. The van der Waals surface area contributed by atoms with Crippen molar-refractivity contribution < 1.29 is 0 Å². The Hall–Kier alpha value is -2.86. The van der Waals surface area contributed by atoms with Crippen LogP contribution in [0, 0.1) is 5.92 Å². The smallest absolute Gasteiger partial charge is 0.0272 e. The summed E-state index contributed by atoms with van der Waals surface area (Å²) in [7, 11) is 0. The van der Waals surface area contributed by atoms with Crippen LogP contribution in [0.15, 0.2) is 109 Å². The first-order valence-electron chi connectivity index (χ1n) is 8.85. The van der Waals surface area contributed by atoms with Crippen molar-refractivity contribution in [2.75, 3.05) is 0 Å². The third kappa shape index (κ3) is 2.85. The lowest BCUT2D eigenvalue weighted by molar-refractivity contribution is 0.488. The number of allylic oxidation sites excluding steroid dienone is 4. The van der Waals surface area contributed by atoms with Gasteiger partial charge in [0.15, 0.2) is 0 Å². The van der Waals surface area contributed by atoms with E-state index in [1.807, 2.05) is 0 Å². The van der Waals surface area contributed by atoms with Gasteiger partial charge in [-0.1, -0.05) is 116 Å². The topological polar surface area (TPSA) is 0 Å². The molecular formula is C25H22. The molecule has 0 aromatic heterocycles. The quantitative estimate of drug-likeness (QED) is 0.531. The zero-order valence-electron chi connectivity index (χ0n) is 14.5. The largest absolute Gasteiger partial charge is 0.0758 e. The Morgan fingerprint density at radius 2 is 1.12 bits per heavy atom. The lowest BCUT2D eigenvalue weighted by Gasteiger charge is -2.35. The molecule has 1 atom stereocenters. The molecule has 0 N–H and O–H groups in total. The lowest BCUT2D eigenvalue weighted by atomic mass is 9.67. The van der Waals surface area contributed by atoms with Crippen molar-refractivity contribution in [3.8, 4) is 0 Å². The summed E-state index contributed by atoms with van der Waals surface area (Å²) in [6, 6.07) is 32.3. The number of benzene rings is 3. The minimum atomic E-state index is -0.0877. The van der Waals surface area contributed by atoms with E-state index in [9.17, 15) is 0 Å². The van der Waals surface area contributed by atoms with E-state index in [4.69, 9.17) is 0 Å². The Kier molecular flexibility index (Phi) is 4.11. The van der Waals surface area contributed by atoms with Gasteiger partial charge in [0.1, 0.15) is 0 Å². The minimum Gasteiger partial charge on any atom is -0.0758 e. The molecule has 4 rings (SSSR count). The summed E-state index contributed by atoms with van der Waals surface area (Å²) in [5.74, 6) is 0.326. The van der Waals surface area contributed by atoms with Crippen molar-refractivity contribution in [2.45, 2.75) is 12.3 Å². The van der Waals surface area contributed by atoms with Gasteiger partial charge in [-0.2, -0.15) is 0 Å². The first kappa shape index (κ1) is 15.7. The average molecular weight is 322 g/mol. The fourth-order valence-corrected chi connectivity index (χ4v) is 3.81. The third-order valence-electron chi connectivity index (χ3n) is 5.36. The summed E-state index contributed by atoms with van der Waals surface area (Å²) < 4.78 is 0. The molecule has 0 bridgehead atoms. The van der Waals surface area contributed by atoms with Gasteiger partial charge in [0.25, 0.3) is 0 Å². The molecule has 0 amide bonds. The average Bonchev–Trinajstić information content (AvgIpc) is 3.20. The van der Waals surface area contributed by atoms with Gasteiger partial charge >= 0.3 is 0 Å². The highest BCUT2D eigenvalue weighted by Crippen LogP contribution is 2.44. The fraction of sp³-hybridized carbons (Fsp3) is 0.120. The molecule has 0 spiro atoms. The van der Waals surface area contributed by atoms with Crippen molar-refractivity contribution in [2.24, 2.45) is 5.92 Å². The summed E-state index contributed by atoms with van der Waals surface area (Å²) in [5.41, 5.74) is 5.20. The Morgan fingerprint density at radius 1 is 0.640 bits per heavy atom. The molecule has 122 valence electrons. The van der Waals surface area contributed by atoms with Crippen LogP contribution in [0.3, 0.4) is 0 Å². The van der Waals surface area contributed by atoms with Crippen LogP contribution in [-0.4, -0.2) is 0 Å². The van der Waals surface area contributed by atoms with E-state index in [1.165, 1.54) is 22.3 Å². The van der Waals surface area contributed by atoms with Crippen molar-refractivity contribution in [3.05, 3.63) is 126 Å². The van der Waals surface area contributed by atoms with Crippen molar-refractivity contribution >= 4 is 5.57 Å². The van der Waals surface area contributed by atoms with Crippen LogP contribution in [-0.2, 0) is 5.41 Å². The molecular weight excluding hydrogens is 300 g/mol. The van der Waals surface area contributed by atoms with Gasteiger partial charge in [0.05, 0.1) is 0 Å². The van der Waals surface area contributed by atoms with Crippen LogP contribution in [0.2, 0.25) is 0 Å². The number of rotatable bonds is 4. The molecule has 0 radical (unpaired) electrons. The molecule has 3 aromatic carbocycles. The fourth-order valence-electron chi connectivity index (χ4n) is 3.81. The molecule has 0 saturated heterocycles. The van der Waals surface area contributed by atoms with E-state index < -0.39 is 0 Å². The Bertz CT molecular complexity index is 847. The van der Waals surface area contributed by atoms with Crippen molar-refractivity contribution in [3.63, 3.8) is 0 Å². The predicted molar refractivity (Wildman–Crippen MR) is 106 cm³/mol. The van der Waals surface area contributed by atoms with Crippen LogP contribution < -0.4 is 0 Å². The monoisotopic (exact) mass is 322 g/mol. The highest BCUT2D eigenvalue weighted by atomic mass is 14.4. The number of hydrogen-bond donors (Lipinski definition) is 0. The van der Waals surface area contributed by atoms with Crippen LogP contribution in [0.1, 0.15) is 23.6 Å². The maximum Gasteiger partial charge on any atom is 0.0272 e. The lowest BCUT2D eigenvalue weighted by Crippen LogP contribution is -2.30. The standard InChI is InChI=1S/C25H22/c1-25(22-13-7-3-8-14-22,23-15-9-4-10-16-23)24-18-17-21(19-24)20-11-5-2-6-12-20/h2-19,24H,1H3. The van der Waals surface area contributed by atoms with Gasteiger partial charge in [-0.05, 0) is 22.3 Å². The second-order valence-electron chi connectivity index (χ2n) is 6.81. The molecule has 0 heteroatoms. The van der Waals surface area contributed by atoms with Crippen molar-refractivity contribution in [1.29, 1.82) is 0 Å². The third-order valence-corrected chi connectivity index (χ3v) is 5.36. The zero-order valence-corrected chi connectivity index (χ0v) is 14.5. The summed E-state index contributed by atoms with van der Waals surface area (Å²) in [4.78, 5) is 0. The molecule has 0 heterocycles. The summed E-state index contributed by atoms with van der Waals surface area (Å²) in [5, 5.41) is 0. The van der Waals surface area contributed by atoms with Crippen LogP contribution >= 0.6 is 0 Å². The van der Waals surface area contributed by atoms with Gasteiger partial charge < -0.3 is 0 Å². The van der Waals surface area contributed by atoms with E-state index in [2.05, 4.69) is 116 Å². The highest BCUT2D eigenvalue weighted by Gasteiger charge is 2.36. The normalized spacial score (nSPS) is 16.7. The molecule has 0 fully saturated rings. The van der Waals surface area contributed by atoms with Crippen LogP contribution in [0.4, 0.5) is 0 Å². The van der Waals surface area contributed by atoms with E-state index in [0.29, 0.717) is 5.92 Å². The highest BCUT2D eigenvalue weighted by molar-refractivity contribution is 5.77. The molecule has 1 aliphatic carbocycles. The van der Waals surface area contributed by atoms with Gasteiger partial charge in [0.2, 0.25) is 0 Å². The minimum absolute atomic E-state index is 0.0877. The van der Waals surface area contributed by atoms with Crippen LogP contribution in [0.25, 0.3) is 5.57 Å². The Balaban J connectivity index is 1.81. The van der Waals surface area contributed by atoms with Gasteiger partial charge in [0, 0.05) is 11.3 Å². The molecule has 0 aliphatic heterocycles. The molecule has 0 saturated carbocycles. The first-order chi connectivity index (χ1) is 12.3. The zero-order chi connectivity index (χ0) is 17.1. The second kappa shape index (κ2) is 6.57. The van der Waals surface area contributed by atoms with E-state index in [-0.39, 0.29) is 5.41 Å². The van der Waals surface area contributed by atoms with Crippen molar-refractivity contribution in [1.82, 2.24) is 0 Å². The Labute approximate surface area is 150 Å². The van der Waals surface area contributed by atoms with E-state index in [0.717, 1.165) is 0 Å². The molecule has 3 aromatic rings. The number of hydrogen-bond acceptors (Lipinski definition) is 0. The summed E-state index contributed by atoms with van der Waals surface area (Å²) >= 11 is 0. The first-order valence-corrected chi connectivity index (χ1v) is 8.85. The maximum atomic E-state index is 2.41. The maximum absolute atomic E-state index is 2.41. The Morgan fingerprint density at radius 3 is 1.64 bits per heavy atom. The SMILES string of the molecule is CC(c1ccccc1)(c1ccccc1)C1C=CC(c2ccccc2)=C1. The summed E-state index contributed by atoms with van der Waals surface area (Å²) in [6.45, 7) is 2.36. The molecule has 1 unspecified atom stereocenters. The van der Waals surface area contributed by atoms with E-state index in [1.54, 1.807) is 0 Å². The van der Waals surface area contributed by atoms with E-state index >= 15 is 0 Å². The predicted octanol–water partition coefficient (Wildman–Crippen LogP) is 6.26. The van der Waals surface area contributed by atoms with Gasteiger partial charge in [-0.25, -0.2) is 0 Å².